The maximum Gasteiger partial charge on any atom is 0.229 e. The molecule has 0 amide bonds. The Kier molecular flexibility index (Phi) is 6.90. The fourth-order valence-corrected chi connectivity index (χ4v) is 3.23. The molecule has 2 aromatic carbocycles. The number of aliphatic hydroxyl groups excluding tert-OH is 4. The molecule has 1 aliphatic rings. The van der Waals surface area contributed by atoms with Crippen molar-refractivity contribution < 1.29 is 34.6 Å². The smallest absolute Gasteiger partial charge is 0.229 e. The minimum Gasteiger partial charge on any atom is -0.458 e. The number of hydrogen-bond acceptors (Lipinski definition) is 7. The van der Waals surface area contributed by atoms with E-state index in [0.717, 1.165) is 0 Å². The molecule has 152 valence electrons. The molecule has 10 heteroatoms. The van der Waals surface area contributed by atoms with Gasteiger partial charge in [-0.15, -0.1) is 0 Å². The van der Waals surface area contributed by atoms with E-state index >= 15 is 0 Å². The molecule has 1 aliphatic heterocycles. The molecule has 1 unspecified atom stereocenters. The summed E-state index contributed by atoms with van der Waals surface area (Å²) in [7, 11) is 0. The Bertz CT molecular complexity index is 833. The van der Waals surface area contributed by atoms with Crippen LogP contribution in [0.25, 0.3) is 0 Å². The topological polar surface area (TPSA) is 109 Å². The van der Waals surface area contributed by atoms with E-state index < -0.39 is 37.3 Å². The summed E-state index contributed by atoms with van der Waals surface area (Å²) < 4.78 is 16.7. The van der Waals surface area contributed by atoms with Gasteiger partial charge in [0.1, 0.15) is 30.2 Å². The number of aliphatic hydroxyl groups is 4. The Balaban J connectivity index is 1.86. The van der Waals surface area contributed by atoms with Gasteiger partial charge in [0.15, 0.2) is 11.5 Å². The standard InChI is InChI=1S/C18H17Cl3O7/c19-8-1-3-11(10(21)5-8)26-12-4-2-9(20)6-13(12)27-18-17(25)16(24)15(23)14(7-22)28-18/h1-6,14-18,22-25H,7H2/t14?,15-,16-,17-,18-/m1/s1. The third-order valence-corrected chi connectivity index (χ3v) is 4.88. The first-order valence-corrected chi connectivity index (χ1v) is 9.33. The van der Waals surface area contributed by atoms with Gasteiger partial charge in [0.25, 0.3) is 0 Å². The van der Waals surface area contributed by atoms with Crippen LogP contribution in [-0.2, 0) is 4.74 Å². The molecular weight excluding hydrogens is 435 g/mol. The fourth-order valence-electron chi connectivity index (χ4n) is 2.62. The van der Waals surface area contributed by atoms with Gasteiger partial charge < -0.3 is 34.6 Å². The van der Waals surface area contributed by atoms with Gasteiger partial charge in [-0.2, -0.15) is 0 Å². The highest BCUT2D eigenvalue weighted by atomic mass is 35.5. The van der Waals surface area contributed by atoms with Crippen molar-refractivity contribution in [3.63, 3.8) is 0 Å². The summed E-state index contributed by atoms with van der Waals surface area (Å²) in [5.41, 5.74) is 0. The molecule has 0 radical (unpaired) electrons. The van der Waals surface area contributed by atoms with Gasteiger partial charge in [-0.1, -0.05) is 34.8 Å². The van der Waals surface area contributed by atoms with Crippen LogP contribution in [0.1, 0.15) is 0 Å². The molecule has 28 heavy (non-hydrogen) atoms. The van der Waals surface area contributed by atoms with Crippen LogP contribution in [0.4, 0.5) is 0 Å². The lowest BCUT2D eigenvalue weighted by Crippen LogP contribution is -2.60. The molecule has 1 heterocycles. The number of hydrogen-bond donors (Lipinski definition) is 4. The number of ether oxygens (including phenoxy) is 3. The Morgan fingerprint density at radius 1 is 0.821 bits per heavy atom. The molecule has 3 rings (SSSR count). The van der Waals surface area contributed by atoms with Gasteiger partial charge in [0.2, 0.25) is 6.29 Å². The van der Waals surface area contributed by atoms with Crippen LogP contribution in [-0.4, -0.2) is 57.7 Å². The van der Waals surface area contributed by atoms with Gasteiger partial charge in [0.05, 0.1) is 11.6 Å². The average molecular weight is 452 g/mol. The maximum atomic E-state index is 10.2. The van der Waals surface area contributed by atoms with Crippen molar-refractivity contribution in [2.75, 3.05) is 6.61 Å². The molecule has 0 spiro atoms. The normalized spacial score (nSPS) is 27.5. The van der Waals surface area contributed by atoms with Crippen molar-refractivity contribution in [2.45, 2.75) is 30.7 Å². The summed E-state index contributed by atoms with van der Waals surface area (Å²) in [4.78, 5) is 0. The van der Waals surface area contributed by atoms with Gasteiger partial charge in [-0.05, 0) is 30.3 Å². The van der Waals surface area contributed by atoms with Crippen LogP contribution >= 0.6 is 34.8 Å². The number of halogens is 3. The Labute approximate surface area is 175 Å². The third-order valence-electron chi connectivity index (χ3n) is 4.11. The molecule has 1 saturated heterocycles. The first-order valence-electron chi connectivity index (χ1n) is 8.19. The summed E-state index contributed by atoms with van der Waals surface area (Å²) in [5.74, 6) is 0.584. The summed E-state index contributed by atoms with van der Waals surface area (Å²) >= 11 is 18.0. The maximum absolute atomic E-state index is 10.2. The van der Waals surface area contributed by atoms with Crippen molar-refractivity contribution in [3.8, 4) is 17.2 Å². The second-order valence-corrected chi connectivity index (χ2v) is 7.36. The summed E-state index contributed by atoms with van der Waals surface area (Å²) in [6.07, 6.45) is -7.16. The van der Waals surface area contributed by atoms with Crippen molar-refractivity contribution in [1.29, 1.82) is 0 Å². The predicted molar refractivity (Wildman–Crippen MR) is 102 cm³/mol. The lowest BCUT2D eigenvalue weighted by atomic mass is 9.99. The van der Waals surface area contributed by atoms with E-state index in [-0.39, 0.29) is 16.5 Å². The van der Waals surface area contributed by atoms with Crippen LogP contribution in [0.15, 0.2) is 36.4 Å². The summed E-state index contributed by atoms with van der Waals surface area (Å²) in [6.45, 7) is -0.579. The van der Waals surface area contributed by atoms with E-state index in [2.05, 4.69) is 0 Å². The molecule has 0 aliphatic carbocycles. The van der Waals surface area contributed by atoms with Crippen molar-refractivity contribution >= 4 is 34.8 Å². The monoisotopic (exact) mass is 450 g/mol. The van der Waals surface area contributed by atoms with E-state index in [1.165, 1.54) is 18.2 Å². The van der Waals surface area contributed by atoms with Crippen LogP contribution in [0, 0.1) is 0 Å². The molecule has 5 atom stereocenters. The Hall–Kier alpha value is -1.29. The highest BCUT2D eigenvalue weighted by Crippen LogP contribution is 2.39. The largest absolute Gasteiger partial charge is 0.458 e. The van der Waals surface area contributed by atoms with Crippen LogP contribution in [0.3, 0.4) is 0 Å². The van der Waals surface area contributed by atoms with Gasteiger partial charge in [-0.3, -0.25) is 0 Å². The quantitative estimate of drug-likeness (QED) is 0.553. The van der Waals surface area contributed by atoms with Crippen LogP contribution in [0.2, 0.25) is 15.1 Å². The Morgan fingerprint density at radius 2 is 1.46 bits per heavy atom. The van der Waals surface area contributed by atoms with E-state index in [0.29, 0.717) is 15.8 Å². The molecular formula is C18H17Cl3O7. The van der Waals surface area contributed by atoms with E-state index in [9.17, 15) is 20.4 Å². The van der Waals surface area contributed by atoms with Crippen molar-refractivity contribution in [2.24, 2.45) is 0 Å². The van der Waals surface area contributed by atoms with Gasteiger partial charge in [0, 0.05) is 16.1 Å². The zero-order valence-electron chi connectivity index (χ0n) is 14.2. The summed E-state index contributed by atoms with van der Waals surface area (Å²) in [6, 6.07) is 9.16. The molecule has 7 nitrogen and oxygen atoms in total. The molecule has 1 fully saturated rings. The molecule has 2 aromatic rings. The molecule has 0 bridgehead atoms. The average Bonchev–Trinajstić information content (AvgIpc) is 2.66. The Morgan fingerprint density at radius 3 is 2.11 bits per heavy atom. The lowest BCUT2D eigenvalue weighted by molar-refractivity contribution is -0.277. The zero-order valence-corrected chi connectivity index (χ0v) is 16.5. The molecule has 0 aromatic heterocycles. The zero-order chi connectivity index (χ0) is 20.4. The van der Waals surface area contributed by atoms with Gasteiger partial charge in [-0.25, -0.2) is 0 Å². The number of rotatable bonds is 5. The first kappa shape index (κ1) is 21.4. The lowest BCUT2D eigenvalue weighted by Gasteiger charge is -2.39. The summed E-state index contributed by atoms with van der Waals surface area (Å²) in [5, 5.41) is 40.2. The van der Waals surface area contributed by atoms with Gasteiger partial charge >= 0.3 is 0 Å². The third kappa shape index (κ3) is 4.64. The van der Waals surface area contributed by atoms with Crippen molar-refractivity contribution in [1.82, 2.24) is 0 Å². The van der Waals surface area contributed by atoms with E-state index in [1.807, 2.05) is 0 Å². The highest BCUT2D eigenvalue weighted by molar-refractivity contribution is 6.35. The predicted octanol–water partition coefficient (Wildman–Crippen LogP) is 2.62. The second kappa shape index (κ2) is 9.02. The highest BCUT2D eigenvalue weighted by Gasteiger charge is 2.45. The fraction of sp³-hybridized carbons (Fsp3) is 0.333. The van der Waals surface area contributed by atoms with Crippen LogP contribution in [0.5, 0.6) is 17.2 Å². The van der Waals surface area contributed by atoms with E-state index in [1.54, 1.807) is 18.2 Å². The van der Waals surface area contributed by atoms with Crippen molar-refractivity contribution in [3.05, 3.63) is 51.5 Å². The minimum atomic E-state index is -1.58. The van der Waals surface area contributed by atoms with E-state index in [4.69, 9.17) is 49.0 Å². The molecule has 0 saturated carbocycles. The SMILES string of the molecule is OCC1O[C@@H](Oc2cc(Cl)ccc2Oc2ccc(Cl)cc2Cl)[C@H](O)[C@H](O)[C@@H]1O. The minimum absolute atomic E-state index is 0.0860. The first-order chi connectivity index (χ1) is 13.3. The number of benzene rings is 2. The molecule has 4 N–H and O–H groups in total. The second-order valence-electron chi connectivity index (χ2n) is 6.08. The van der Waals surface area contributed by atoms with Crippen LogP contribution < -0.4 is 9.47 Å².